The Balaban J connectivity index is 2.55. The Morgan fingerprint density at radius 1 is 1.25 bits per heavy atom. The molecule has 0 heterocycles. The number of hydrogen-bond donors (Lipinski definition) is 0. The van der Waals surface area contributed by atoms with Gasteiger partial charge in [0.1, 0.15) is 0 Å². The maximum atomic E-state index is 12.1. The number of phosphoric ester groups is 1. The molecule has 0 saturated carbocycles. The summed E-state index contributed by atoms with van der Waals surface area (Å²) < 4.78 is 27.7. The molecule has 4 nitrogen and oxygen atoms in total. The van der Waals surface area contributed by atoms with Gasteiger partial charge in [-0.15, -0.1) is 0 Å². The molecule has 0 amide bonds. The number of hydrogen-bond acceptors (Lipinski definition) is 4. The van der Waals surface area contributed by atoms with Crippen LogP contribution in [0.4, 0.5) is 0 Å². The van der Waals surface area contributed by atoms with Crippen molar-refractivity contribution in [1.82, 2.24) is 0 Å². The van der Waals surface area contributed by atoms with Crippen LogP contribution in [0.5, 0.6) is 0 Å². The Kier molecular flexibility index (Phi) is 6.29. The minimum absolute atomic E-state index is 0.147. The van der Waals surface area contributed by atoms with Gasteiger partial charge in [0.15, 0.2) is 0 Å². The molecule has 0 aromatic heterocycles. The SMILES string of the molecule is CCOP(=O)(OCC)O[C@@H]1C=CCCCC1. The van der Waals surface area contributed by atoms with E-state index in [0.717, 1.165) is 25.7 Å². The van der Waals surface area contributed by atoms with Gasteiger partial charge in [0.05, 0.1) is 19.3 Å². The molecule has 0 bridgehead atoms. The fourth-order valence-electron chi connectivity index (χ4n) is 1.62. The molecule has 1 rings (SSSR count). The molecule has 1 aliphatic carbocycles. The van der Waals surface area contributed by atoms with Crippen molar-refractivity contribution in [3.8, 4) is 0 Å². The maximum absolute atomic E-state index is 12.1. The van der Waals surface area contributed by atoms with Gasteiger partial charge in [-0.3, -0.25) is 13.6 Å². The summed E-state index contributed by atoms with van der Waals surface area (Å²) in [5.41, 5.74) is 0. The number of phosphoric acid groups is 1. The van der Waals surface area contributed by atoms with E-state index in [0.29, 0.717) is 13.2 Å². The highest BCUT2D eigenvalue weighted by molar-refractivity contribution is 7.48. The molecule has 0 aliphatic heterocycles. The zero-order valence-electron chi connectivity index (χ0n) is 10.1. The summed E-state index contributed by atoms with van der Waals surface area (Å²) in [5.74, 6) is 0. The third-order valence-electron chi connectivity index (χ3n) is 2.30. The molecule has 0 N–H and O–H groups in total. The predicted molar refractivity (Wildman–Crippen MR) is 63.3 cm³/mol. The van der Waals surface area contributed by atoms with Gasteiger partial charge in [-0.1, -0.05) is 18.6 Å². The molecule has 0 aromatic rings. The molecule has 0 saturated heterocycles. The molecule has 94 valence electrons. The highest BCUT2D eigenvalue weighted by Gasteiger charge is 2.29. The summed E-state index contributed by atoms with van der Waals surface area (Å²) in [6.07, 6.45) is 8.05. The molecular formula is C11H21O4P. The van der Waals surface area contributed by atoms with E-state index in [2.05, 4.69) is 6.08 Å². The van der Waals surface area contributed by atoms with E-state index < -0.39 is 7.82 Å². The van der Waals surface area contributed by atoms with Crippen LogP contribution in [0.15, 0.2) is 12.2 Å². The standard InChI is InChI=1S/C11H21O4P/c1-3-13-16(12,14-4-2)15-11-9-7-5-6-8-10-11/h7,9,11H,3-6,8,10H2,1-2H3/t11-/m1/s1. The van der Waals surface area contributed by atoms with Crippen LogP contribution < -0.4 is 0 Å². The lowest BCUT2D eigenvalue weighted by molar-refractivity contribution is 0.0974. The Hall–Kier alpha value is -0.150. The summed E-state index contributed by atoms with van der Waals surface area (Å²) in [4.78, 5) is 0. The van der Waals surface area contributed by atoms with E-state index in [-0.39, 0.29) is 6.10 Å². The van der Waals surface area contributed by atoms with Gasteiger partial charge in [0.2, 0.25) is 0 Å². The van der Waals surface area contributed by atoms with Crippen LogP contribution in [0.3, 0.4) is 0 Å². The molecule has 16 heavy (non-hydrogen) atoms. The van der Waals surface area contributed by atoms with E-state index in [1.807, 2.05) is 6.08 Å². The first-order chi connectivity index (χ1) is 7.70. The van der Waals surface area contributed by atoms with Crippen LogP contribution in [0.2, 0.25) is 0 Å². The lowest BCUT2D eigenvalue weighted by atomic mass is 10.2. The quantitative estimate of drug-likeness (QED) is 0.531. The van der Waals surface area contributed by atoms with Crippen molar-refractivity contribution < 1.29 is 18.1 Å². The topological polar surface area (TPSA) is 44.8 Å². The van der Waals surface area contributed by atoms with Gasteiger partial charge in [0, 0.05) is 0 Å². The van der Waals surface area contributed by atoms with Crippen LogP contribution in [-0.2, 0) is 18.1 Å². The van der Waals surface area contributed by atoms with Crippen LogP contribution >= 0.6 is 7.82 Å². The minimum Gasteiger partial charge on any atom is -0.287 e. The van der Waals surface area contributed by atoms with E-state index >= 15 is 0 Å². The van der Waals surface area contributed by atoms with Crippen molar-refractivity contribution in [3.05, 3.63) is 12.2 Å². The van der Waals surface area contributed by atoms with Crippen LogP contribution in [0.25, 0.3) is 0 Å². The molecule has 1 atom stereocenters. The van der Waals surface area contributed by atoms with Crippen molar-refractivity contribution in [2.45, 2.75) is 45.6 Å². The first kappa shape index (κ1) is 13.9. The van der Waals surface area contributed by atoms with Gasteiger partial charge in [0.25, 0.3) is 0 Å². The first-order valence-electron chi connectivity index (χ1n) is 5.94. The maximum Gasteiger partial charge on any atom is 0.475 e. The summed E-state index contributed by atoms with van der Waals surface area (Å²) in [6, 6.07) is 0. The molecule has 5 heteroatoms. The Morgan fingerprint density at radius 3 is 2.56 bits per heavy atom. The third-order valence-corrected chi connectivity index (χ3v) is 3.98. The highest BCUT2D eigenvalue weighted by atomic mass is 31.2. The second-order valence-corrected chi connectivity index (χ2v) is 5.26. The Bertz CT molecular complexity index is 255. The summed E-state index contributed by atoms with van der Waals surface area (Å²) >= 11 is 0. The Labute approximate surface area is 97.6 Å². The second-order valence-electron chi connectivity index (χ2n) is 3.64. The monoisotopic (exact) mass is 248 g/mol. The van der Waals surface area contributed by atoms with Gasteiger partial charge in [-0.25, -0.2) is 4.57 Å². The normalized spacial score (nSPS) is 22.0. The van der Waals surface area contributed by atoms with E-state index in [1.54, 1.807) is 13.8 Å². The van der Waals surface area contributed by atoms with E-state index in [9.17, 15) is 4.57 Å². The van der Waals surface area contributed by atoms with Crippen molar-refractivity contribution in [2.24, 2.45) is 0 Å². The van der Waals surface area contributed by atoms with Gasteiger partial charge in [-0.2, -0.15) is 0 Å². The summed E-state index contributed by atoms with van der Waals surface area (Å²) in [7, 11) is -3.36. The lowest BCUT2D eigenvalue weighted by Crippen LogP contribution is -2.10. The fraction of sp³-hybridized carbons (Fsp3) is 0.818. The predicted octanol–water partition coefficient (Wildman–Crippen LogP) is 3.68. The second kappa shape index (κ2) is 7.23. The molecule has 1 aliphatic rings. The van der Waals surface area contributed by atoms with Crippen molar-refractivity contribution in [2.75, 3.05) is 13.2 Å². The minimum atomic E-state index is -3.36. The number of allylic oxidation sites excluding steroid dienone is 1. The summed E-state index contributed by atoms with van der Waals surface area (Å²) in [6.45, 7) is 4.21. The zero-order valence-corrected chi connectivity index (χ0v) is 10.9. The fourth-order valence-corrected chi connectivity index (χ4v) is 2.96. The smallest absolute Gasteiger partial charge is 0.287 e. The molecule has 0 spiro atoms. The summed E-state index contributed by atoms with van der Waals surface area (Å²) in [5, 5.41) is 0. The molecule has 0 unspecified atom stereocenters. The molecular weight excluding hydrogens is 227 g/mol. The average Bonchev–Trinajstić information content (AvgIpc) is 2.46. The van der Waals surface area contributed by atoms with Gasteiger partial charge >= 0.3 is 7.82 Å². The van der Waals surface area contributed by atoms with E-state index in [4.69, 9.17) is 13.6 Å². The molecule has 0 fully saturated rings. The van der Waals surface area contributed by atoms with Crippen LogP contribution in [0, 0.1) is 0 Å². The molecule has 0 radical (unpaired) electrons. The largest absolute Gasteiger partial charge is 0.475 e. The first-order valence-corrected chi connectivity index (χ1v) is 7.40. The van der Waals surface area contributed by atoms with Crippen molar-refractivity contribution in [3.63, 3.8) is 0 Å². The van der Waals surface area contributed by atoms with Gasteiger partial charge < -0.3 is 0 Å². The highest BCUT2D eigenvalue weighted by Crippen LogP contribution is 2.51. The lowest BCUT2D eigenvalue weighted by Gasteiger charge is -2.20. The van der Waals surface area contributed by atoms with Crippen molar-refractivity contribution >= 4 is 7.82 Å². The third kappa shape index (κ3) is 4.79. The van der Waals surface area contributed by atoms with Crippen molar-refractivity contribution in [1.29, 1.82) is 0 Å². The average molecular weight is 248 g/mol. The number of rotatable bonds is 6. The zero-order chi connectivity index (χ0) is 11.9. The van der Waals surface area contributed by atoms with Crippen LogP contribution in [-0.4, -0.2) is 19.3 Å². The molecule has 0 aromatic carbocycles. The Morgan fingerprint density at radius 2 is 1.94 bits per heavy atom. The van der Waals surface area contributed by atoms with E-state index in [1.165, 1.54) is 0 Å². The van der Waals surface area contributed by atoms with Gasteiger partial charge in [-0.05, 0) is 33.1 Å². The van der Waals surface area contributed by atoms with Crippen LogP contribution in [0.1, 0.15) is 39.5 Å².